The van der Waals surface area contributed by atoms with E-state index in [4.69, 9.17) is 4.42 Å². The summed E-state index contributed by atoms with van der Waals surface area (Å²) < 4.78 is 19.5. The summed E-state index contributed by atoms with van der Waals surface area (Å²) in [6, 6.07) is 6.04. The summed E-state index contributed by atoms with van der Waals surface area (Å²) >= 11 is 4.66. The molecule has 0 atom stereocenters. The lowest BCUT2D eigenvalue weighted by Gasteiger charge is -1.94. The van der Waals surface area contributed by atoms with Crippen LogP contribution in [0.1, 0.15) is 21.0 Å². The van der Waals surface area contributed by atoms with E-state index in [2.05, 4.69) is 15.9 Å². The molecule has 0 spiro atoms. The number of halogens is 2. The highest BCUT2D eigenvalue weighted by Crippen LogP contribution is 2.30. The van der Waals surface area contributed by atoms with Crippen LogP contribution in [0.25, 0.3) is 11.0 Å². The van der Waals surface area contributed by atoms with Crippen LogP contribution in [-0.2, 0) is 0 Å². The number of rotatable bonds is 2. The molecular weight excluding hydrogens is 331 g/mol. The smallest absolute Gasteiger partial charge is 0.238 e. The highest BCUT2D eigenvalue weighted by atomic mass is 79.9. The maximum atomic E-state index is 13.2. The largest absolute Gasteiger partial charge is 0.452 e. The Bertz CT molecular complexity index is 788. The third kappa shape index (κ3) is 2.13. The zero-order valence-electron chi connectivity index (χ0n) is 9.87. The molecule has 3 rings (SSSR count). The number of carbonyl (C=O) groups is 1. The molecule has 19 heavy (non-hydrogen) atoms. The summed E-state index contributed by atoms with van der Waals surface area (Å²) in [5.41, 5.74) is 1.14. The van der Waals surface area contributed by atoms with Gasteiger partial charge in [-0.25, -0.2) is 4.39 Å². The highest BCUT2D eigenvalue weighted by molar-refractivity contribution is 9.10. The first-order valence-electron chi connectivity index (χ1n) is 5.53. The fraction of sp³-hybridized carbons (Fsp3) is 0.0714. The number of carbonyl (C=O) groups excluding carboxylic acids is 1. The van der Waals surface area contributed by atoms with Crippen molar-refractivity contribution in [3.05, 3.63) is 56.1 Å². The van der Waals surface area contributed by atoms with Crippen LogP contribution in [-0.4, -0.2) is 5.78 Å². The van der Waals surface area contributed by atoms with Gasteiger partial charge in [0.1, 0.15) is 11.4 Å². The number of ketones is 1. The molecule has 0 bridgehead atoms. The van der Waals surface area contributed by atoms with Crippen molar-refractivity contribution in [3.63, 3.8) is 0 Å². The highest BCUT2D eigenvalue weighted by Gasteiger charge is 2.20. The van der Waals surface area contributed by atoms with Gasteiger partial charge in [0.15, 0.2) is 5.76 Å². The summed E-state index contributed by atoms with van der Waals surface area (Å²) in [4.78, 5) is 12.9. The molecule has 96 valence electrons. The molecule has 0 N–H and O–H groups in total. The van der Waals surface area contributed by atoms with Crippen LogP contribution < -0.4 is 0 Å². The van der Waals surface area contributed by atoms with Crippen LogP contribution in [0.5, 0.6) is 0 Å². The fourth-order valence-corrected chi connectivity index (χ4v) is 3.32. The number of fused-ring (bicyclic) bond motifs is 1. The maximum Gasteiger partial charge on any atom is 0.238 e. The molecule has 0 fully saturated rings. The molecule has 0 radical (unpaired) electrons. The minimum atomic E-state index is -0.376. The van der Waals surface area contributed by atoms with Crippen molar-refractivity contribution in [3.8, 4) is 0 Å². The van der Waals surface area contributed by atoms with Gasteiger partial charge in [0.05, 0.1) is 4.88 Å². The predicted octanol–water partition coefficient (Wildman–Crippen LogP) is 4.94. The Hall–Kier alpha value is -1.46. The Morgan fingerprint density at radius 3 is 2.84 bits per heavy atom. The van der Waals surface area contributed by atoms with Gasteiger partial charge in [-0.2, -0.15) is 0 Å². The van der Waals surface area contributed by atoms with E-state index >= 15 is 0 Å². The van der Waals surface area contributed by atoms with E-state index in [9.17, 15) is 9.18 Å². The number of thiophene rings is 1. The Morgan fingerprint density at radius 1 is 1.37 bits per heavy atom. The number of aryl methyl sites for hydroxylation is 1. The summed E-state index contributed by atoms with van der Waals surface area (Å²) in [5.74, 6) is -0.279. The molecule has 0 amide bonds. The van der Waals surface area contributed by atoms with E-state index < -0.39 is 0 Å². The number of furan rings is 1. The second kappa shape index (κ2) is 4.58. The van der Waals surface area contributed by atoms with Crippen LogP contribution in [0.3, 0.4) is 0 Å². The molecule has 2 nitrogen and oxygen atoms in total. The number of hydrogen-bond acceptors (Lipinski definition) is 3. The quantitative estimate of drug-likeness (QED) is 0.620. The molecule has 5 heteroatoms. The van der Waals surface area contributed by atoms with Gasteiger partial charge in [-0.1, -0.05) is 0 Å². The Kier molecular flexibility index (Phi) is 3.03. The van der Waals surface area contributed by atoms with Gasteiger partial charge in [0.25, 0.3) is 0 Å². The normalized spacial score (nSPS) is 11.1. The van der Waals surface area contributed by atoms with Gasteiger partial charge in [-0.3, -0.25) is 4.79 Å². The first-order valence-corrected chi connectivity index (χ1v) is 7.21. The van der Waals surface area contributed by atoms with E-state index in [0.717, 1.165) is 15.4 Å². The third-order valence-electron chi connectivity index (χ3n) is 2.90. The molecule has 0 saturated carbocycles. The molecule has 2 heterocycles. The topological polar surface area (TPSA) is 30.2 Å². The minimum absolute atomic E-state index is 0.176. The van der Waals surface area contributed by atoms with E-state index in [-0.39, 0.29) is 17.4 Å². The molecular formula is C14H8BrFO2S. The molecule has 1 aromatic carbocycles. The van der Waals surface area contributed by atoms with Gasteiger partial charge in [-0.05, 0) is 41.1 Å². The zero-order valence-corrected chi connectivity index (χ0v) is 12.3. The van der Waals surface area contributed by atoms with E-state index in [1.54, 1.807) is 19.1 Å². The first kappa shape index (κ1) is 12.6. The minimum Gasteiger partial charge on any atom is -0.452 e. The number of benzene rings is 1. The molecule has 0 unspecified atom stereocenters. The molecule has 0 aliphatic heterocycles. The number of hydrogen-bond donors (Lipinski definition) is 0. The van der Waals surface area contributed by atoms with E-state index in [1.165, 1.54) is 23.5 Å². The lowest BCUT2D eigenvalue weighted by Crippen LogP contribution is -1.98. The molecule has 3 aromatic rings. The van der Waals surface area contributed by atoms with Crippen LogP contribution in [0.2, 0.25) is 0 Å². The maximum absolute atomic E-state index is 13.2. The summed E-state index contributed by atoms with van der Waals surface area (Å²) in [5, 5.41) is 2.60. The Balaban J connectivity index is 2.15. The van der Waals surface area contributed by atoms with Gasteiger partial charge < -0.3 is 4.42 Å². The van der Waals surface area contributed by atoms with Crippen LogP contribution >= 0.6 is 27.3 Å². The first-order chi connectivity index (χ1) is 9.06. The summed E-state index contributed by atoms with van der Waals surface area (Å²) in [6.07, 6.45) is 0. The second-order valence-electron chi connectivity index (χ2n) is 4.15. The van der Waals surface area contributed by atoms with Crippen LogP contribution in [0.4, 0.5) is 4.39 Å². The third-order valence-corrected chi connectivity index (χ3v) is 4.59. The average molecular weight is 339 g/mol. The standard InChI is InChI=1S/C14H8BrFO2S/c1-7-10-3-2-9(16)5-11(10)18-14(7)13(17)12-4-8(15)6-19-12/h2-6H,1H3. The van der Waals surface area contributed by atoms with Crippen molar-refractivity contribution in [1.82, 2.24) is 0 Å². The van der Waals surface area contributed by atoms with Crippen LogP contribution in [0, 0.1) is 12.7 Å². The second-order valence-corrected chi connectivity index (χ2v) is 5.98. The molecule has 0 aliphatic carbocycles. The summed E-state index contributed by atoms with van der Waals surface area (Å²) in [7, 11) is 0. The van der Waals surface area contributed by atoms with Crippen molar-refractivity contribution in [2.24, 2.45) is 0 Å². The van der Waals surface area contributed by atoms with Crippen molar-refractivity contribution in [2.75, 3.05) is 0 Å². The van der Waals surface area contributed by atoms with E-state index in [0.29, 0.717) is 10.5 Å². The Labute approximate surface area is 121 Å². The van der Waals surface area contributed by atoms with Gasteiger partial charge in [0.2, 0.25) is 5.78 Å². The fourth-order valence-electron chi connectivity index (χ4n) is 1.96. The van der Waals surface area contributed by atoms with Crippen molar-refractivity contribution < 1.29 is 13.6 Å². The van der Waals surface area contributed by atoms with Crippen molar-refractivity contribution in [2.45, 2.75) is 6.92 Å². The SMILES string of the molecule is Cc1c(C(=O)c2cc(Br)cs2)oc2cc(F)ccc12. The van der Waals surface area contributed by atoms with Crippen LogP contribution in [0.15, 0.2) is 38.5 Å². The van der Waals surface area contributed by atoms with E-state index in [1.807, 2.05) is 5.38 Å². The van der Waals surface area contributed by atoms with Gasteiger partial charge >= 0.3 is 0 Å². The Morgan fingerprint density at radius 2 is 2.16 bits per heavy atom. The molecule has 0 saturated heterocycles. The summed E-state index contributed by atoms with van der Waals surface area (Å²) in [6.45, 7) is 1.81. The van der Waals surface area contributed by atoms with Gasteiger partial charge in [-0.15, -0.1) is 11.3 Å². The zero-order chi connectivity index (χ0) is 13.6. The van der Waals surface area contributed by atoms with Crippen molar-refractivity contribution >= 4 is 44.0 Å². The predicted molar refractivity (Wildman–Crippen MR) is 76.4 cm³/mol. The lowest BCUT2D eigenvalue weighted by atomic mass is 10.1. The molecule has 0 aliphatic rings. The monoisotopic (exact) mass is 338 g/mol. The van der Waals surface area contributed by atoms with Gasteiger partial charge in [0, 0.05) is 26.9 Å². The lowest BCUT2D eigenvalue weighted by molar-refractivity contribution is 0.101. The van der Waals surface area contributed by atoms with Crippen molar-refractivity contribution in [1.29, 1.82) is 0 Å². The average Bonchev–Trinajstić information content (AvgIpc) is 2.93. The molecule has 2 aromatic heterocycles.